The predicted octanol–water partition coefficient (Wildman–Crippen LogP) is 3.97. The van der Waals surface area contributed by atoms with Gasteiger partial charge in [-0.25, -0.2) is 4.79 Å². The Morgan fingerprint density at radius 1 is 1.31 bits per heavy atom. The fourth-order valence-electron chi connectivity index (χ4n) is 3.06. The lowest BCUT2D eigenvalue weighted by Gasteiger charge is -2.32. The van der Waals surface area contributed by atoms with Gasteiger partial charge in [-0.15, -0.1) is 0 Å². The van der Waals surface area contributed by atoms with Gasteiger partial charge in [-0.1, -0.05) is 12.1 Å². The van der Waals surface area contributed by atoms with Gasteiger partial charge < -0.3 is 19.3 Å². The highest BCUT2D eigenvalue weighted by molar-refractivity contribution is 5.70. The first-order chi connectivity index (χ1) is 13.8. The van der Waals surface area contributed by atoms with Gasteiger partial charge in [0.15, 0.2) is 0 Å². The molecule has 1 atom stereocenters. The molecule has 1 unspecified atom stereocenters. The minimum atomic E-state index is -0.555. The molecule has 7 nitrogen and oxygen atoms in total. The van der Waals surface area contributed by atoms with Gasteiger partial charge in [-0.2, -0.15) is 0 Å². The molecule has 0 radical (unpaired) electrons. The van der Waals surface area contributed by atoms with Gasteiger partial charge >= 0.3 is 6.09 Å². The van der Waals surface area contributed by atoms with Crippen molar-refractivity contribution < 1.29 is 28.9 Å². The van der Waals surface area contributed by atoms with Crippen LogP contribution in [0.3, 0.4) is 0 Å². The fourth-order valence-corrected chi connectivity index (χ4v) is 3.06. The Labute approximate surface area is 172 Å². The minimum Gasteiger partial charge on any atom is -0.493 e. The van der Waals surface area contributed by atoms with Crippen LogP contribution in [0.25, 0.3) is 0 Å². The standard InChI is InChI=1S/C22H33NO6/c1-16(23(19-9-10-19)21(26)29-22(2,3)4)17-7-8-18(14-27-15-25)20(13-17)28-12-6-5-11-24/h7-8,13,15-16,19,24H,5-6,9-12,14H2,1-4H3. The van der Waals surface area contributed by atoms with Crippen molar-refractivity contribution in [3.05, 3.63) is 29.3 Å². The van der Waals surface area contributed by atoms with Gasteiger partial charge in [0.25, 0.3) is 6.47 Å². The number of carbonyl (C=O) groups excluding carboxylic acids is 2. The molecule has 1 aromatic rings. The number of ether oxygens (including phenoxy) is 3. The Morgan fingerprint density at radius 3 is 2.62 bits per heavy atom. The van der Waals surface area contributed by atoms with Crippen molar-refractivity contribution in [1.82, 2.24) is 4.90 Å². The zero-order valence-corrected chi connectivity index (χ0v) is 17.8. The number of amides is 1. The van der Waals surface area contributed by atoms with Crippen LogP contribution in [-0.4, -0.2) is 47.4 Å². The highest BCUT2D eigenvalue weighted by Gasteiger charge is 2.38. The van der Waals surface area contributed by atoms with Crippen molar-refractivity contribution >= 4 is 12.6 Å². The summed E-state index contributed by atoms with van der Waals surface area (Å²) in [6.07, 6.45) is 3.01. The van der Waals surface area contributed by atoms with E-state index in [0.29, 0.717) is 25.2 Å². The number of hydrogen-bond acceptors (Lipinski definition) is 6. The molecule has 7 heteroatoms. The van der Waals surface area contributed by atoms with Crippen LogP contribution in [-0.2, 0) is 20.9 Å². The van der Waals surface area contributed by atoms with Crippen LogP contribution in [0.1, 0.15) is 70.5 Å². The van der Waals surface area contributed by atoms with Gasteiger partial charge in [0.05, 0.1) is 12.6 Å². The maximum Gasteiger partial charge on any atom is 0.411 e. The zero-order valence-electron chi connectivity index (χ0n) is 17.8. The van der Waals surface area contributed by atoms with E-state index in [1.165, 1.54) is 0 Å². The molecule has 1 amide bonds. The lowest BCUT2D eigenvalue weighted by molar-refractivity contribution is -0.129. The molecule has 0 aromatic heterocycles. The smallest absolute Gasteiger partial charge is 0.411 e. The third-order valence-electron chi connectivity index (χ3n) is 4.65. The summed E-state index contributed by atoms with van der Waals surface area (Å²) in [5.74, 6) is 0.620. The molecule has 1 fully saturated rings. The Balaban J connectivity index is 2.21. The Kier molecular flexibility index (Phi) is 8.32. The van der Waals surface area contributed by atoms with E-state index in [2.05, 4.69) is 0 Å². The van der Waals surface area contributed by atoms with Gasteiger partial charge in [-0.05, 0) is 65.0 Å². The largest absolute Gasteiger partial charge is 0.493 e. The molecule has 0 bridgehead atoms. The van der Waals surface area contributed by atoms with Crippen molar-refractivity contribution in [2.75, 3.05) is 13.2 Å². The molecule has 0 spiro atoms. The fraction of sp³-hybridized carbons (Fsp3) is 0.636. The van der Waals surface area contributed by atoms with E-state index in [-0.39, 0.29) is 31.4 Å². The maximum atomic E-state index is 12.8. The van der Waals surface area contributed by atoms with Crippen molar-refractivity contribution in [3.63, 3.8) is 0 Å². The summed E-state index contributed by atoms with van der Waals surface area (Å²) in [5.41, 5.74) is 1.13. The summed E-state index contributed by atoms with van der Waals surface area (Å²) < 4.78 is 16.4. The van der Waals surface area contributed by atoms with E-state index in [0.717, 1.165) is 30.4 Å². The summed E-state index contributed by atoms with van der Waals surface area (Å²) in [6, 6.07) is 5.68. The first-order valence-corrected chi connectivity index (χ1v) is 10.2. The third kappa shape index (κ3) is 7.24. The Hall–Kier alpha value is -2.28. The van der Waals surface area contributed by atoms with E-state index in [1.54, 1.807) is 4.90 Å². The third-order valence-corrected chi connectivity index (χ3v) is 4.65. The summed E-state index contributed by atoms with van der Waals surface area (Å²) in [5, 5.41) is 8.94. The number of hydrogen-bond donors (Lipinski definition) is 1. The molecular formula is C22H33NO6. The van der Waals surface area contributed by atoms with E-state index in [4.69, 9.17) is 19.3 Å². The quantitative estimate of drug-likeness (QED) is 0.441. The highest BCUT2D eigenvalue weighted by Crippen LogP contribution is 2.37. The van der Waals surface area contributed by atoms with Crippen molar-refractivity contribution in [2.45, 2.75) is 77.7 Å². The monoisotopic (exact) mass is 407 g/mol. The second-order valence-electron chi connectivity index (χ2n) is 8.35. The van der Waals surface area contributed by atoms with Crippen molar-refractivity contribution in [2.24, 2.45) is 0 Å². The second kappa shape index (κ2) is 10.5. The van der Waals surface area contributed by atoms with Crippen molar-refractivity contribution in [1.29, 1.82) is 0 Å². The van der Waals surface area contributed by atoms with Gasteiger partial charge in [0.2, 0.25) is 0 Å². The van der Waals surface area contributed by atoms with E-state index in [9.17, 15) is 9.59 Å². The number of rotatable bonds is 11. The predicted molar refractivity (Wildman–Crippen MR) is 109 cm³/mol. The van der Waals surface area contributed by atoms with Crippen LogP contribution in [0.2, 0.25) is 0 Å². The molecule has 1 saturated carbocycles. The first-order valence-electron chi connectivity index (χ1n) is 10.2. The van der Waals surface area contributed by atoms with Gasteiger partial charge in [-0.3, -0.25) is 9.69 Å². The lowest BCUT2D eigenvalue weighted by atomic mass is 10.0. The number of nitrogens with zero attached hydrogens (tertiary/aromatic N) is 1. The maximum absolute atomic E-state index is 12.8. The summed E-state index contributed by atoms with van der Waals surface area (Å²) >= 11 is 0. The number of aliphatic hydroxyl groups excluding tert-OH is 1. The summed E-state index contributed by atoms with van der Waals surface area (Å²) in [6.45, 7) is 8.66. The lowest BCUT2D eigenvalue weighted by Crippen LogP contribution is -2.39. The molecule has 0 saturated heterocycles. The van der Waals surface area contributed by atoms with Crippen LogP contribution in [0.4, 0.5) is 4.79 Å². The van der Waals surface area contributed by atoms with Crippen LogP contribution in [0.5, 0.6) is 5.75 Å². The summed E-state index contributed by atoms with van der Waals surface area (Å²) in [4.78, 5) is 25.2. The van der Waals surface area contributed by atoms with Crippen molar-refractivity contribution in [3.8, 4) is 5.75 Å². The van der Waals surface area contributed by atoms with Gasteiger partial charge in [0.1, 0.15) is 18.0 Å². The van der Waals surface area contributed by atoms with Crippen LogP contribution >= 0.6 is 0 Å². The molecule has 0 heterocycles. The second-order valence-corrected chi connectivity index (χ2v) is 8.35. The molecule has 2 rings (SSSR count). The molecule has 1 aromatic carbocycles. The van der Waals surface area contributed by atoms with E-state index in [1.807, 2.05) is 45.9 Å². The SMILES string of the molecule is CC(c1ccc(COC=O)c(OCCCCO)c1)N(C(=O)OC(C)(C)C)C1CC1. The van der Waals surface area contributed by atoms with Gasteiger partial charge in [0, 0.05) is 18.2 Å². The van der Waals surface area contributed by atoms with Crippen LogP contribution in [0.15, 0.2) is 18.2 Å². The average Bonchev–Trinajstić information content (AvgIpc) is 3.47. The van der Waals surface area contributed by atoms with E-state index >= 15 is 0 Å². The molecule has 1 N–H and O–H groups in total. The molecular weight excluding hydrogens is 374 g/mol. The molecule has 162 valence electrons. The number of carbonyl (C=O) groups is 2. The Morgan fingerprint density at radius 2 is 2.03 bits per heavy atom. The number of aliphatic hydroxyl groups is 1. The van der Waals surface area contributed by atoms with E-state index < -0.39 is 5.60 Å². The summed E-state index contributed by atoms with van der Waals surface area (Å²) in [7, 11) is 0. The zero-order chi connectivity index (χ0) is 21.4. The first kappa shape index (κ1) is 23.0. The van der Waals surface area contributed by atoms with Crippen LogP contribution < -0.4 is 4.74 Å². The number of benzene rings is 1. The molecule has 1 aliphatic rings. The molecule has 0 aliphatic heterocycles. The molecule has 29 heavy (non-hydrogen) atoms. The normalized spacial score (nSPS) is 14.8. The highest BCUT2D eigenvalue weighted by atomic mass is 16.6. The topological polar surface area (TPSA) is 85.3 Å². The molecule has 1 aliphatic carbocycles. The van der Waals surface area contributed by atoms with Crippen LogP contribution in [0, 0.1) is 0 Å². The average molecular weight is 408 g/mol. The number of unbranched alkanes of at least 4 members (excludes halogenated alkanes) is 1. The Bertz CT molecular complexity index is 680. The minimum absolute atomic E-state index is 0.117.